The van der Waals surface area contributed by atoms with Crippen LogP contribution in [0.5, 0.6) is 5.75 Å². The Morgan fingerprint density at radius 1 is 1.28 bits per heavy atom. The summed E-state index contributed by atoms with van der Waals surface area (Å²) < 4.78 is 34.4. The molecule has 10 heteroatoms. The summed E-state index contributed by atoms with van der Waals surface area (Å²) in [7, 11) is 0. The van der Waals surface area contributed by atoms with Gasteiger partial charge in [0.2, 0.25) is 5.43 Å². The molecule has 3 atom stereocenters. The zero-order chi connectivity index (χ0) is 22.7. The summed E-state index contributed by atoms with van der Waals surface area (Å²) in [6, 6.07) is 2.53. The summed E-state index contributed by atoms with van der Waals surface area (Å²) in [5, 5.41) is 13.1. The van der Waals surface area contributed by atoms with Crippen molar-refractivity contribution in [2.75, 3.05) is 6.61 Å². The highest BCUT2D eigenvalue weighted by Gasteiger charge is 2.49. The number of carbonyl (C=O) groups is 2. The van der Waals surface area contributed by atoms with Crippen LogP contribution in [0.1, 0.15) is 57.9 Å². The fourth-order valence-electron chi connectivity index (χ4n) is 4.95. The van der Waals surface area contributed by atoms with Gasteiger partial charge in [0.25, 0.3) is 11.8 Å². The molecule has 168 valence electrons. The summed E-state index contributed by atoms with van der Waals surface area (Å²) in [5.41, 5.74) is -0.948. The lowest BCUT2D eigenvalue weighted by molar-refractivity contribution is -0.128. The Labute approximate surface area is 181 Å². The van der Waals surface area contributed by atoms with E-state index in [2.05, 4.69) is 5.32 Å². The van der Waals surface area contributed by atoms with Crippen LogP contribution in [0, 0.1) is 11.6 Å². The second kappa shape index (κ2) is 7.40. The zero-order valence-electron chi connectivity index (χ0n) is 17.2. The smallest absolute Gasteiger partial charge is 0.276 e. The lowest BCUT2D eigenvalue weighted by atomic mass is 10.0. The number of rotatable bonds is 3. The Balaban J connectivity index is 1.54. The Hall–Kier alpha value is -3.27. The van der Waals surface area contributed by atoms with Crippen molar-refractivity contribution in [2.24, 2.45) is 0 Å². The SMILES string of the molecule is C[C@H]1CCOC2C3CCc4c(C(=O)NCc5ccc(F)cc5F)c(=O)c(O)c(n43)C(=O)N21. The van der Waals surface area contributed by atoms with Crippen LogP contribution >= 0.6 is 0 Å². The number of carbonyl (C=O) groups excluding carboxylic acids is 2. The van der Waals surface area contributed by atoms with Crippen molar-refractivity contribution in [3.05, 3.63) is 62.6 Å². The van der Waals surface area contributed by atoms with Crippen molar-refractivity contribution in [1.82, 2.24) is 14.8 Å². The fraction of sp³-hybridized carbons (Fsp3) is 0.409. The lowest BCUT2D eigenvalue weighted by Crippen LogP contribution is -2.58. The van der Waals surface area contributed by atoms with Gasteiger partial charge in [-0.2, -0.15) is 0 Å². The van der Waals surface area contributed by atoms with Crippen molar-refractivity contribution in [3.63, 3.8) is 0 Å². The summed E-state index contributed by atoms with van der Waals surface area (Å²) in [5.74, 6) is -3.65. The number of halogens is 2. The van der Waals surface area contributed by atoms with E-state index in [1.165, 1.54) is 6.07 Å². The third kappa shape index (κ3) is 2.93. The van der Waals surface area contributed by atoms with Crippen molar-refractivity contribution in [2.45, 2.75) is 51.0 Å². The molecule has 2 N–H and O–H groups in total. The number of benzene rings is 1. The van der Waals surface area contributed by atoms with Gasteiger partial charge in [0.15, 0.2) is 17.7 Å². The molecule has 3 aliphatic rings. The fourth-order valence-corrected chi connectivity index (χ4v) is 4.95. The first kappa shape index (κ1) is 20.6. The van der Waals surface area contributed by atoms with E-state index in [4.69, 9.17) is 4.74 Å². The second-order valence-electron chi connectivity index (χ2n) is 8.35. The number of fused-ring (bicyclic) bond motifs is 2. The van der Waals surface area contributed by atoms with E-state index in [0.717, 1.165) is 6.07 Å². The summed E-state index contributed by atoms with van der Waals surface area (Å²) in [6.07, 6.45) is 0.985. The number of aromatic hydroxyl groups is 1. The molecule has 5 rings (SSSR count). The minimum atomic E-state index is -0.943. The molecule has 1 aromatic carbocycles. The number of aromatic nitrogens is 1. The Bertz CT molecular complexity index is 1210. The highest BCUT2D eigenvalue weighted by Crippen LogP contribution is 2.42. The maximum Gasteiger partial charge on any atom is 0.276 e. The Morgan fingerprint density at radius 3 is 2.81 bits per heavy atom. The first-order valence-corrected chi connectivity index (χ1v) is 10.5. The van der Waals surface area contributed by atoms with Gasteiger partial charge in [-0.05, 0) is 32.3 Å². The van der Waals surface area contributed by atoms with Gasteiger partial charge in [-0.25, -0.2) is 8.78 Å². The van der Waals surface area contributed by atoms with Crippen molar-refractivity contribution < 1.29 is 28.2 Å². The predicted molar refractivity (Wildman–Crippen MR) is 107 cm³/mol. The molecule has 2 aromatic rings. The maximum absolute atomic E-state index is 13.9. The van der Waals surface area contributed by atoms with Crippen LogP contribution in [-0.4, -0.2) is 45.3 Å². The summed E-state index contributed by atoms with van der Waals surface area (Å²) >= 11 is 0. The minimum Gasteiger partial charge on any atom is -0.503 e. The molecule has 2 unspecified atom stereocenters. The molecule has 1 saturated heterocycles. The number of hydrogen-bond acceptors (Lipinski definition) is 5. The molecule has 1 fully saturated rings. The van der Waals surface area contributed by atoms with E-state index in [0.29, 0.717) is 37.6 Å². The first-order chi connectivity index (χ1) is 15.3. The van der Waals surface area contributed by atoms with E-state index < -0.39 is 40.9 Å². The quantitative estimate of drug-likeness (QED) is 0.751. The molecule has 0 radical (unpaired) electrons. The van der Waals surface area contributed by atoms with Gasteiger partial charge in [-0.3, -0.25) is 14.4 Å². The maximum atomic E-state index is 13.9. The van der Waals surface area contributed by atoms with Gasteiger partial charge in [-0.15, -0.1) is 0 Å². The topological polar surface area (TPSA) is 101 Å². The highest BCUT2D eigenvalue weighted by molar-refractivity contribution is 6.00. The Kier molecular flexibility index (Phi) is 4.77. The summed E-state index contributed by atoms with van der Waals surface area (Å²) in [4.78, 5) is 40.6. The standard InChI is InChI=1S/C22H21F2N3O5/c1-10-6-7-32-22-15-5-4-14-16(18(28)19(29)17(27(14)15)21(31)26(10)22)20(30)25-9-11-2-3-12(23)8-13(11)24/h2-3,8,10,15,22,29H,4-7,9H2,1H3,(H,25,30)/t10-,15?,22?/m0/s1. The zero-order valence-corrected chi connectivity index (χ0v) is 17.2. The van der Waals surface area contributed by atoms with Crippen molar-refractivity contribution in [3.8, 4) is 5.75 Å². The number of ether oxygens (including phenoxy) is 1. The van der Waals surface area contributed by atoms with Crippen LogP contribution in [-0.2, 0) is 17.7 Å². The van der Waals surface area contributed by atoms with Gasteiger partial charge in [-0.1, -0.05) is 6.07 Å². The molecule has 8 nitrogen and oxygen atoms in total. The second-order valence-corrected chi connectivity index (χ2v) is 8.35. The van der Waals surface area contributed by atoms with Gasteiger partial charge in [0.05, 0.1) is 12.6 Å². The molecule has 0 aliphatic carbocycles. The average Bonchev–Trinajstić information content (AvgIpc) is 3.17. The van der Waals surface area contributed by atoms with Crippen LogP contribution in [0.3, 0.4) is 0 Å². The van der Waals surface area contributed by atoms with Crippen LogP contribution in [0.25, 0.3) is 0 Å². The van der Waals surface area contributed by atoms with Gasteiger partial charge >= 0.3 is 0 Å². The molecule has 0 bridgehead atoms. The van der Waals surface area contributed by atoms with Gasteiger partial charge < -0.3 is 24.6 Å². The lowest BCUT2D eigenvalue weighted by Gasteiger charge is -2.47. The number of hydrogen-bond donors (Lipinski definition) is 2. The number of pyridine rings is 1. The highest BCUT2D eigenvalue weighted by atomic mass is 19.1. The Morgan fingerprint density at radius 2 is 2.06 bits per heavy atom. The molecule has 3 aliphatic heterocycles. The van der Waals surface area contributed by atoms with Crippen LogP contribution in [0.2, 0.25) is 0 Å². The van der Waals surface area contributed by atoms with E-state index in [1.807, 2.05) is 6.92 Å². The van der Waals surface area contributed by atoms with Gasteiger partial charge in [0, 0.05) is 29.9 Å². The number of nitrogens with zero attached hydrogens (tertiary/aromatic N) is 2. The third-order valence-electron chi connectivity index (χ3n) is 6.52. The predicted octanol–water partition coefficient (Wildman–Crippen LogP) is 1.84. The monoisotopic (exact) mass is 445 g/mol. The van der Waals surface area contributed by atoms with E-state index >= 15 is 0 Å². The normalized spacial score (nSPS) is 23.7. The van der Waals surface area contributed by atoms with Gasteiger partial charge in [0.1, 0.15) is 17.2 Å². The number of nitrogens with one attached hydrogen (secondary N) is 1. The van der Waals surface area contributed by atoms with Crippen LogP contribution in [0.15, 0.2) is 23.0 Å². The molecule has 4 heterocycles. The molecular formula is C22H21F2N3O5. The van der Waals surface area contributed by atoms with E-state index in [9.17, 15) is 28.3 Å². The number of amides is 2. The molecule has 2 amide bonds. The van der Waals surface area contributed by atoms with Crippen LogP contribution in [0.4, 0.5) is 8.78 Å². The molecular weight excluding hydrogens is 424 g/mol. The largest absolute Gasteiger partial charge is 0.503 e. The van der Waals surface area contributed by atoms with Crippen molar-refractivity contribution >= 4 is 11.8 Å². The third-order valence-corrected chi connectivity index (χ3v) is 6.52. The summed E-state index contributed by atoms with van der Waals surface area (Å²) in [6.45, 7) is 2.11. The molecule has 1 aromatic heterocycles. The minimum absolute atomic E-state index is 0.0479. The average molecular weight is 445 g/mol. The molecule has 32 heavy (non-hydrogen) atoms. The molecule has 0 saturated carbocycles. The van der Waals surface area contributed by atoms with Crippen LogP contribution < -0.4 is 10.7 Å². The van der Waals surface area contributed by atoms with Crippen molar-refractivity contribution in [1.29, 1.82) is 0 Å². The van der Waals surface area contributed by atoms with E-state index in [1.54, 1.807) is 9.47 Å². The first-order valence-electron chi connectivity index (χ1n) is 10.5. The van der Waals surface area contributed by atoms with E-state index in [-0.39, 0.29) is 35.4 Å². The molecule has 0 spiro atoms.